The average molecular weight is 830 g/mol. The van der Waals surface area contributed by atoms with Gasteiger partial charge in [0.25, 0.3) is 10.8 Å². The van der Waals surface area contributed by atoms with Gasteiger partial charge in [-0.25, -0.2) is 19.6 Å². The second kappa shape index (κ2) is 23.0. The van der Waals surface area contributed by atoms with Crippen molar-refractivity contribution in [2.24, 2.45) is 0 Å². The van der Waals surface area contributed by atoms with Crippen molar-refractivity contribution >= 4 is 74.3 Å². The van der Waals surface area contributed by atoms with E-state index in [1.165, 1.54) is 47.1 Å². The summed E-state index contributed by atoms with van der Waals surface area (Å²) in [6.45, 7) is 8.45. The summed E-state index contributed by atoms with van der Waals surface area (Å²) in [6, 6.07) is 15.2. The summed E-state index contributed by atoms with van der Waals surface area (Å²) in [5.41, 5.74) is 12.2. The number of carbonyl (C=O) groups is 3. The number of hydrogen-bond acceptors (Lipinski definition) is 11. The number of carbonyl (C=O) groups excluding carboxylic acids is 2. The number of benzene rings is 2. The number of rotatable bonds is 8. The lowest BCUT2D eigenvalue weighted by molar-refractivity contribution is 0.0525. The van der Waals surface area contributed by atoms with E-state index in [4.69, 9.17) is 55.1 Å². The Kier molecular flexibility index (Phi) is 19.3. The van der Waals surface area contributed by atoms with Crippen LogP contribution < -0.4 is 21.3 Å². The van der Waals surface area contributed by atoms with Gasteiger partial charge < -0.3 is 35.5 Å². The second-order valence-electron chi connectivity index (χ2n) is 12.1. The molecule has 0 spiro atoms. The van der Waals surface area contributed by atoms with Crippen LogP contribution in [0.3, 0.4) is 0 Å². The summed E-state index contributed by atoms with van der Waals surface area (Å²) < 4.78 is 10.1. The highest BCUT2D eigenvalue weighted by Crippen LogP contribution is 2.31. The van der Waals surface area contributed by atoms with Crippen LogP contribution in [-0.2, 0) is 17.7 Å². The van der Waals surface area contributed by atoms with Crippen LogP contribution in [0.5, 0.6) is 5.75 Å². The molecule has 0 fully saturated rings. The number of carboxylic acids is 1. The van der Waals surface area contributed by atoms with Gasteiger partial charge in [0, 0.05) is 48.2 Å². The van der Waals surface area contributed by atoms with Crippen molar-refractivity contribution in [1.29, 1.82) is 0 Å². The average Bonchev–Trinajstić information content (AvgIpc) is 3.12. The van der Waals surface area contributed by atoms with E-state index >= 15 is 0 Å². The summed E-state index contributed by atoms with van der Waals surface area (Å²) in [7, 11) is 4.10. The molecule has 0 amide bonds. The molecule has 6 rings (SSSR count). The Labute approximate surface area is 341 Å². The molecule has 0 saturated carbocycles. The van der Waals surface area contributed by atoms with E-state index in [9.17, 15) is 19.2 Å². The number of aryl methyl sites for hydroxylation is 1. The molecule has 5 N–H and O–H groups in total. The van der Waals surface area contributed by atoms with Crippen LogP contribution in [0.1, 0.15) is 75.5 Å². The minimum Gasteiger partial charge on any atom is -0.494 e. The minimum atomic E-state index is -1.06. The number of aromatic carboxylic acids is 1. The third-order valence-electron chi connectivity index (χ3n) is 7.58. The van der Waals surface area contributed by atoms with Gasteiger partial charge in [-0.1, -0.05) is 36.7 Å². The smallest absolute Gasteiger partial charge is 0.338 e. The number of H-pyrrole nitrogens is 1. The van der Waals surface area contributed by atoms with E-state index in [0.717, 1.165) is 42.7 Å². The van der Waals surface area contributed by atoms with Gasteiger partial charge in [0.2, 0.25) is 0 Å². The number of nitrogens with zero attached hydrogens (tertiary/aromatic N) is 3. The first-order valence-electron chi connectivity index (χ1n) is 17.1. The maximum Gasteiger partial charge on any atom is 0.338 e. The summed E-state index contributed by atoms with van der Waals surface area (Å²) >= 11 is 16.1. The SMILES string of the molecule is C.CCOC(=O)c1cc(N)cc(OCC)c1.Cc1cc(CN(C)C)cc2[nH]c(=O)c3c(c12)NCCC3.O=C(Cl)c1cccnc1Cl.O=C(O)c1cccnc1Cl. The number of nitrogens with two attached hydrogens (primary N) is 1. The van der Waals surface area contributed by atoms with Crippen LogP contribution in [-0.4, -0.2) is 76.0 Å². The number of aromatic amines is 1. The van der Waals surface area contributed by atoms with Gasteiger partial charge in [0.05, 0.1) is 41.1 Å². The predicted octanol–water partition coefficient (Wildman–Crippen LogP) is 8.28. The highest BCUT2D eigenvalue weighted by Gasteiger charge is 2.18. The van der Waals surface area contributed by atoms with Crippen molar-refractivity contribution in [2.45, 2.75) is 47.6 Å². The molecule has 2 aromatic carbocycles. The molecule has 16 heteroatoms. The van der Waals surface area contributed by atoms with Gasteiger partial charge in [0.15, 0.2) is 0 Å². The summed E-state index contributed by atoms with van der Waals surface area (Å²) in [6.07, 6.45) is 4.83. The topological polar surface area (TPSA) is 190 Å². The van der Waals surface area contributed by atoms with Gasteiger partial charge in [-0.05, 0) is 113 Å². The largest absolute Gasteiger partial charge is 0.494 e. The maximum atomic E-state index is 12.2. The molecule has 56 heavy (non-hydrogen) atoms. The van der Waals surface area contributed by atoms with Crippen LogP contribution in [0.15, 0.2) is 71.8 Å². The molecule has 13 nitrogen and oxygen atoms in total. The predicted molar refractivity (Wildman–Crippen MR) is 224 cm³/mol. The van der Waals surface area contributed by atoms with Crippen molar-refractivity contribution < 1.29 is 29.0 Å². The first-order valence-corrected chi connectivity index (χ1v) is 18.2. The molecule has 3 aromatic heterocycles. The number of pyridine rings is 3. The number of carboxylic acid groups (broad SMARTS) is 1. The zero-order valence-electron chi connectivity index (χ0n) is 31.0. The molecule has 0 saturated heterocycles. The third kappa shape index (κ3) is 13.8. The van der Waals surface area contributed by atoms with Gasteiger partial charge in [0.1, 0.15) is 16.1 Å². The fourth-order valence-corrected chi connectivity index (χ4v) is 6.01. The molecule has 0 radical (unpaired) electrons. The molecule has 4 heterocycles. The number of nitrogen functional groups attached to an aromatic ring is 1. The highest BCUT2D eigenvalue weighted by molar-refractivity contribution is 6.68. The lowest BCUT2D eigenvalue weighted by Gasteiger charge is -2.21. The number of aromatic nitrogens is 3. The molecular weight excluding hydrogens is 783 g/mol. The van der Waals surface area contributed by atoms with Crippen molar-refractivity contribution in [3.05, 3.63) is 121 Å². The fourth-order valence-electron chi connectivity index (χ4n) is 5.41. The molecular formula is C40H47Cl3N6O7. The monoisotopic (exact) mass is 828 g/mol. The molecule has 300 valence electrons. The fraction of sp³-hybridized carbons (Fsp3) is 0.300. The maximum absolute atomic E-state index is 12.2. The van der Waals surface area contributed by atoms with Crippen molar-refractivity contribution in [2.75, 3.05) is 44.9 Å². The Bertz CT molecular complexity index is 2120. The van der Waals surface area contributed by atoms with Crippen molar-refractivity contribution in [1.82, 2.24) is 19.9 Å². The standard InChI is InChI=1S/C16H21N3O.C11H15NO3.C6H3Cl2NO.C6H4ClNO2.CH4/c1-10-7-11(9-19(2)3)8-13-14(10)15-12(16(20)18-13)5-4-6-17-15;1-3-14-10-6-8(5-9(12)7-10)11(13)15-4-2;7-5-4(6(8)10)2-1-3-9-5;7-5-4(6(9)10)2-1-3-8-5;/h7-8,17H,4-6,9H2,1-3H3,(H,18,20);5-7H,3-4,12H2,1-2H3;1-3H;1-3H,(H,9,10);1H4. The van der Waals surface area contributed by atoms with E-state index in [2.05, 4.69) is 58.3 Å². The molecule has 0 atom stereocenters. The van der Waals surface area contributed by atoms with Crippen molar-refractivity contribution in [3.63, 3.8) is 0 Å². The molecule has 1 aliphatic heterocycles. The highest BCUT2D eigenvalue weighted by atomic mass is 35.5. The summed E-state index contributed by atoms with van der Waals surface area (Å²) in [5, 5.41) is 12.6. The lowest BCUT2D eigenvalue weighted by Crippen LogP contribution is -2.22. The third-order valence-corrected chi connectivity index (χ3v) is 8.39. The number of nitrogens with one attached hydrogen (secondary N) is 2. The molecule has 5 aromatic rings. The van der Waals surface area contributed by atoms with E-state index in [-0.39, 0.29) is 40.4 Å². The van der Waals surface area contributed by atoms with E-state index in [1.807, 2.05) is 6.92 Å². The Morgan fingerprint density at radius 3 is 2.12 bits per heavy atom. The van der Waals surface area contributed by atoms with Gasteiger partial charge in [-0.3, -0.25) is 9.59 Å². The Morgan fingerprint density at radius 1 is 0.964 bits per heavy atom. The first-order chi connectivity index (χ1) is 26.2. The van der Waals surface area contributed by atoms with E-state index in [1.54, 1.807) is 31.2 Å². The number of halogens is 3. The molecule has 0 unspecified atom stereocenters. The molecule has 0 bridgehead atoms. The molecule has 0 aliphatic carbocycles. The summed E-state index contributed by atoms with van der Waals surface area (Å²) in [5.74, 6) is -0.857. The Balaban J connectivity index is 0.000000268. The minimum absolute atomic E-state index is 0. The van der Waals surface area contributed by atoms with Gasteiger partial charge in [-0.2, -0.15) is 0 Å². The van der Waals surface area contributed by atoms with Crippen LogP contribution in [0.25, 0.3) is 10.9 Å². The normalized spacial score (nSPS) is 11.1. The van der Waals surface area contributed by atoms with E-state index in [0.29, 0.717) is 30.2 Å². The Morgan fingerprint density at radius 2 is 1.61 bits per heavy atom. The number of ether oxygens (including phenoxy) is 2. The van der Waals surface area contributed by atoms with Crippen LogP contribution in [0.4, 0.5) is 11.4 Å². The zero-order chi connectivity index (χ0) is 40.7. The van der Waals surface area contributed by atoms with Crippen molar-refractivity contribution in [3.8, 4) is 5.75 Å². The van der Waals surface area contributed by atoms with Gasteiger partial charge in [-0.15, -0.1) is 0 Å². The summed E-state index contributed by atoms with van der Waals surface area (Å²) in [4.78, 5) is 56.9. The Hall–Kier alpha value is -5.21. The number of esters is 1. The lowest BCUT2D eigenvalue weighted by atomic mass is 9.97. The number of hydrogen-bond donors (Lipinski definition) is 4. The van der Waals surface area contributed by atoms with Crippen LogP contribution in [0.2, 0.25) is 10.3 Å². The van der Waals surface area contributed by atoms with E-state index < -0.39 is 11.2 Å². The molecule has 1 aliphatic rings. The zero-order valence-corrected chi connectivity index (χ0v) is 33.3. The second-order valence-corrected chi connectivity index (χ2v) is 13.2. The number of fused-ring (bicyclic) bond motifs is 3. The first kappa shape index (κ1) is 46.9. The van der Waals surface area contributed by atoms with Crippen LogP contribution >= 0.6 is 34.8 Å². The van der Waals surface area contributed by atoms with Crippen LogP contribution in [0, 0.1) is 6.92 Å². The quantitative estimate of drug-likeness (QED) is 0.0508. The van der Waals surface area contributed by atoms with Gasteiger partial charge >= 0.3 is 11.9 Å². The number of anilines is 2.